The Morgan fingerprint density at radius 2 is 1.96 bits per heavy atom. The summed E-state index contributed by atoms with van der Waals surface area (Å²) in [4.78, 5) is 24.2. The van der Waals surface area contributed by atoms with Crippen molar-refractivity contribution in [2.24, 2.45) is 34.5 Å². The molecule has 0 unspecified atom stereocenters. The van der Waals surface area contributed by atoms with Gasteiger partial charge in [0, 0.05) is 23.7 Å². The molecule has 2 spiro atoms. The fourth-order valence-corrected chi connectivity index (χ4v) is 9.12. The average Bonchev–Trinajstić information content (AvgIpc) is 3.49. The van der Waals surface area contributed by atoms with Crippen molar-refractivity contribution in [3.05, 3.63) is 11.6 Å². The van der Waals surface area contributed by atoms with Crippen LogP contribution in [0.4, 0.5) is 0 Å². The molecule has 4 nitrogen and oxygen atoms in total. The van der Waals surface area contributed by atoms with Crippen LogP contribution >= 0.6 is 0 Å². The molecule has 2 aliphatic heterocycles. The van der Waals surface area contributed by atoms with Gasteiger partial charge < -0.3 is 9.47 Å². The van der Waals surface area contributed by atoms with Crippen molar-refractivity contribution < 1.29 is 19.1 Å². The maximum Gasteiger partial charge on any atom is 0.306 e. The number of hydrogen-bond acceptors (Lipinski definition) is 4. The molecule has 7 aliphatic rings. The Kier molecular flexibility index (Phi) is 2.46. The van der Waals surface area contributed by atoms with Crippen molar-refractivity contribution in [3.63, 3.8) is 0 Å². The van der Waals surface area contributed by atoms with Crippen molar-refractivity contribution in [2.75, 3.05) is 0 Å². The fraction of sp³-hybridized carbons (Fsp3) is 0.826. The van der Waals surface area contributed by atoms with Crippen LogP contribution in [0.25, 0.3) is 0 Å². The molecule has 4 saturated carbocycles. The Hall–Kier alpha value is -1.16. The Balaban J connectivity index is 1.36. The molecule has 5 aliphatic carbocycles. The molecule has 0 radical (unpaired) electrons. The first-order valence-electron chi connectivity index (χ1n) is 11.0. The van der Waals surface area contributed by atoms with E-state index in [0.29, 0.717) is 42.3 Å². The zero-order chi connectivity index (χ0) is 18.4. The quantitative estimate of drug-likeness (QED) is 0.484. The van der Waals surface area contributed by atoms with Crippen molar-refractivity contribution in [3.8, 4) is 0 Å². The summed E-state index contributed by atoms with van der Waals surface area (Å²) in [6.45, 7) is 4.81. The molecule has 0 aromatic rings. The zero-order valence-corrected chi connectivity index (χ0v) is 16.3. The number of ketones is 1. The lowest BCUT2D eigenvalue weighted by Crippen LogP contribution is -2.60. The van der Waals surface area contributed by atoms with Crippen LogP contribution in [0.15, 0.2) is 11.6 Å². The SMILES string of the molecule is C[C@]12CCC(=O)C=C1[C@@H]1C[C@H]1[C@H]1[C@@H]3CC[C@@]4(CCC(=O)O4)[C@@]3(C)C[C@H]3O[C@@]132. The smallest absolute Gasteiger partial charge is 0.306 e. The highest BCUT2D eigenvalue weighted by molar-refractivity contribution is 5.92. The van der Waals surface area contributed by atoms with Crippen molar-refractivity contribution in [1.82, 2.24) is 0 Å². The number of rotatable bonds is 0. The Labute approximate surface area is 160 Å². The summed E-state index contributed by atoms with van der Waals surface area (Å²) in [7, 11) is 0. The van der Waals surface area contributed by atoms with Gasteiger partial charge in [-0.3, -0.25) is 9.59 Å². The predicted molar refractivity (Wildman–Crippen MR) is 96.6 cm³/mol. The Bertz CT molecular complexity index is 845. The molecule has 2 saturated heterocycles. The van der Waals surface area contributed by atoms with Gasteiger partial charge in [0.15, 0.2) is 5.78 Å². The normalized spacial score (nSPS) is 62.0. The minimum Gasteiger partial charge on any atom is -0.458 e. The second kappa shape index (κ2) is 4.22. The number of fused-ring (bicyclic) bond motifs is 7. The minimum atomic E-state index is -0.239. The second-order valence-corrected chi connectivity index (χ2v) is 11.1. The van der Waals surface area contributed by atoms with Gasteiger partial charge in [0.2, 0.25) is 0 Å². The number of hydrogen-bond donors (Lipinski definition) is 0. The standard InChI is InChI=1S/C23H28O4/c1-20-6-3-12(24)9-16(20)13-10-14(13)19-15-4-7-22(8-5-18(25)27-22)21(15,2)11-17-23(19,20)26-17/h9,13-15,17,19H,3-8,10-11H2,1-2H3/t13-,14-,15+,17-,19+,20+,21+,22-,23-/m1/s1. The summed E-state index contributed by atoms with van der Waals surface area (Å²) >= 11 is 0. The molecule has 7 rings (SSSR count). The lowest BCUT2D eigenvalue weighted by Gasteiger charge is -2.56. The minimum absolute atomic E-state index is 0.00124. The van der Waals surface area contributed by atoms with E-state index in [1.54, 1.807) is 0 Å². The van der Waals surface area contributed by atoms with E-state index >= 15 is 0 Å². The lowest BCUT2D eigenvalue weighted by atomic mass is 9.46. The summed E-state index contributed by atoms with van der Waals surface area (Å²) < 4.78 is 12.8. The second-order valence-electron chi connectivity index (χ2n) is 11.1. The van der Waals surface area contributed by atoms with Gasteiger partial charge in [-0.2, -0.15) is 0 Å². The average molecular weight is 368 g/mol. The van der Waals surface area contributed by atoms with Gasteiger partial charge >= 0.3 is 5.97 Å². The van der Waals surface area contributed by atoms with Crippen LogP contribution in [0.1, 0.15) is 65.2 Å². The van der Waals surface area contributed by atoms with Gasteiger partial charge in [-0.05, 0) is 68.3 Å². The van der Waals surface area contributed by atoms with Crippen LogP contribution in [-0.4, -0.2) is 29.1 Å². The third kappa shape index (κ3) is 1.47. The third-order valence-corrected chi connectivity index (χ3v) is 10.4. The highest BCUT2D eigenvalue weighted by atomic mass is 16.6. The molecule has 0 aromatic carbocycles. The zero-order valence-electron chi connectivity index (χ0n) is 16.3. The number of epoxide rings is 1. The van der Waals surface area contributed by atoms with E-state index in [1.165, 1.54) is 18.4 Å². The first kappa shape index (κ1) is 15.7. The molecule has 6 fully saturated rings. The summed E-state index contributed by atoms with van der Waals surface area (Å²) in [6, 6.07) is 0. The molecule has 0 amide bonds. The monoisotopic (exact) mass is 368 g/mol. The number of carbonyl (C=O) groups excluding carboxylic acids is 2. The van der Waals surface area contributed by atoms with Gasteiger partial charge in [0.25, 0.3) is 0 Å². The maximum absolute atomic E-state index is 12.2. The number of ether oxygens (including phenoxy) is 2. The largest absolute Gasteiger partial charge is 0.458 e. The summed E-state index contributed by atoms with van der Waals surface area (Å²) in [5, 5.41) is 0. The molecule has 0 bridgehead atoms. The highest BCUT2D eigenvalue weighted by Crippen LogP contribution is 2.82. The van der Waals surface area contributed by atoms with Crippen LogP contribution in [0, 0.1) is 34.5 Å². The van der Waals surface area contributed by atoms with Gasteiger partial charge in [-0.15, -0.1) is 0 Å². The van der Waals surface area contributed by atoms with E-state index in [-0.39, 0.29) is 34.1 Å². The van der Waals surface area contributed by atoms with Gasteiger partial charge in [0.1, 0.15) is 11.2 Å². The summed E-state index contributed by atoms with van der Waals surface area (Å²) in [6.07, 6.45) is 9.85. The van der Waals surface area contributed by atoms with Crippen LogP contribution in [-0.2, 0) is 19.1 Å². The molecule has 0 N–H and O–H groups in total. The van der Waals surface area contributed by atoms with E-state index in [4.69, 9.17) is 9.47 Å². The molecule has 9 atom stereocenters. The molecule has 144 valence electrons. The molecule has 27 heavy (non-hydrogen) atoms. The van der Waals surface area contributed by atoms with E-state index in [1.807, 2.05) is 6.08 Å². The topological polar surface area (TPSA) is 55.9 Å². The summed E-state index contributed by atoms with van der Waals surface area (Å²) in [5.74, 6) is 2.77. The van der Waals surface area contributed by atoms with E-state index in [0.717, 1.165) is 25.7 Å². The molecule has 4 heteroatoms. The molecule has 0 aromatic heterocycles. The van der Waals surface area contributed by atoms with Gasteiger partial charge in [0.05, 0.1) is 6.10 Å². The van der Waals surface area contributed by atoms with Gasteiger partial charge in [-0.1, -0.05) is 19.4 Å². The van der Waals surface area contributed by atoms with Crippen LogP contribution < -0.4 is 0 Å². The number of carbonyl (C=O) groups is 2. The van der Waals surface area contributed by atoms with Gasteiger partial charge in [-0.25, -0.2) is 0 Å². The highest BCUT2D eigenvalue weighted by Gasteiger charge is 2.85. The fourth-order valence-electron chi connectivity index (χ4n) is 9.12. The maximum atomic E-state index is 12.2. The van der Waals surface area contributed by atoms with E-state index in [2.05, 4.69) is 13.8 Å². The first-order chi connectivity index (χ1) is 12.8. The Morgan fingerprint density at radius 3 is 2.74 bits per heavy atom. The van der Waals surface area contributed by atoms with Crippen molar-refractivity contribution in [2.45, 2.75) is 82.5 Å². The lowest BCUT2D eigenvalue weighted by molar-refractivity contribution is -0.164. The molecular formula is C23H28O4. The van der Waals surface area contributed by atoms with E-state index < -0.39 is 0 Å². The first-order valence-corrected chi connectivity index (χ1v) is 11.0. The molecular weight excluding hydrogens is 340 g/mol. The van der Waals surface area contributed by atoms with Crippen LogP contribution in [0.5, 0.6) is 0 Å². The Morgan fingerprint density at radius 1 is 1.11 bits per heavy atom. The number of esters is 1. The molecule has 2 heterocycles. The van der Waals surface area contributed by atoms with Crippen LogP contribution in [0.2, 0.25) is 0 Å². The van der Waals surface area contributed by atoms with E-state index in [9.17, 15) is 9.59 Å². The van der Waals surface area contributed by atoms with Crippen LogP contribution in [0.3, 0.4) is 0 Å². The third-order valence-electron chi connectivity index (χ3n) is 10.4. The predicted octanol–water partition coefficient (Wildman–Crippen LogP) is 3.58. The van der Waals surface area contributed by atoms with Crippen molar-refractivity contribution in [1.29, 1.82) is 0 Å². The summed E-state index contributed by atoms with van der Waals surface area (Å²) in [5.41, 5.74) is 1.24. The van der Waals surface area contributed by atoms with Crippen molar-refractivity contribution >= 4 is 11.8 Å².